The van der Waals surface area contributed by atoms with E-state index in [1.165, 1.54) is 6.07 Å². The van der Waals surface area contributed by atoms with Gasteiger partial charge in [-0.15, -0.1) is 4.59 Å². The van der Waals surface area contributed by atoms with Crippen molar-refractivity contribution < 1.29 is 27.4 Å². The quantitative estimate of drug-likeness (QED) is 0.412. The fourth-order valence-electron chi connectivity index (χ4n) is 5.69. The number of quaternary nitrogens is 1. The molecule has 1 aromatic heterocycles. The number of piperidine rings is 1. The maximum Gasteiger partial charge on any atom is 0.416 e. The van der Waals surface area contributed by atoms with Gasteiger partial charge in [0.15, 0.2) is 0 Å². The number of amides is 2. The normalized spacial score (nSPS) is 25.7. The van der Waals surface area contributed by atoms with Crippen LogP contribution in [0.3, 0.4) is 0 Å². The number of amidine groups is 1. The summed E-state index contributed by atoms with van der Waals surface area (Å²) in [6.45, 7) is 0.570. The van der Waals surface area contributed by atoms with E-state index < -0.39 is 17.6 Å². The smallest absolute Gasteiger partial charge is 0.339 e. The number of fused-ring (bicyclic) bond motifs is 2. The van der Waals surface area contributed by atoms with E-state index in [4.69, 9.17) is 22.4 Å². The number of hydrogen-bond donors (Lipinski definition) is 2. The third kappa shape index (κ3) is 4.51. The zero-order valence-corrected chi connectivity index (χ0v) is 21.8. The van der Waals surface area contributed by atoms with E-state index in [0.29, 0.717) is 30.1 Å². The van der Waals surface area contributed by atoms with Crippen LogP contribution in [0.25, 0.3) is 0 Å². The number of benzene rings is 1. The van der Waals surface area contributed by atoms with Gasteiger partial charge in [-0.25, -0.2) is 4.98 Å². The number of anilines is 1. The summed E-state index contributed by atoms with van der Waals surface area (Å²) in [5.74, 6) is 6.49. The number of alkyl halides is 3. The van der Waals surface area contributed by atoms with Crippen LogP contribution < -0.4 is 11.2 Å². The van der Waals surface area contributed by atoms with Crippen molar-refractivity contribution in [2.75, 3.05) is 11.9 Å². The molecule has 1 aromatic carbocycles. The van der Waals surface area contributed by atoms with Crippen molar-refractivity contribution in [3.8, 4) is 0 Å². The maximum atomic E-state index is 13.0. The molecular weight excluding hydrogens is 547 g/mol. The van der Waals surface area contributed by atoms with Crippen molar-refractivity contribution in [1.29, 1.82) is 0 Å². The molecule has 2 amide bonds. The monoisotopic (exact) mass is 570 g/mol. The Hall–Kier alpha value is -3.87. The predicted molar refractivity (Wildman–Crippen MR) is 142 cm³/mol. The lowest BCUT2D eigenvalue weighted by atomic mass is 9.90. The number of aliphatic imine (C=N–C) groups is 2. The molecule has 0 radical (unpaired) electrons. The lowest BCUT2D eigenvalue weighted by Gasteiger charge is -2.35. The van der Waals surface area contributed by atoms with Crippen molar-refractivity contribution in [2.45, 2.75) is 37.9 Å². The Bertz CT molecular complexity index is 1550. The molecule has 0 spiro atoms. The van der Waals surface area contributed by atoms with Gasteiger partial charge in [0.05, 0.1) is 34.1 Å². The molecule has 4 aliphatic rings. The number of nitrogens with one attached hydrogen (secondary N) is 1. The topological polar surface area (TPSA) is 113 Å². The van der Waals surface area contributed by atoms with Crippen LogP contribution in [0.2, 0.25) is 5.02 Å². The molecule has 206 valence electrons. The average Bonchev–Trinajstić information content (AvgIpc) is 3.44. The highest BCUT2D eigenvalue weighted by molar-refractivity contribution is 6.34. The Morgan fingerprint density at radius 3 is 2.77 bits per heavy atom. The SMILES string of the molecule is N[N+]12C=CN=CC1=C([C@@H]1CC[C@H]3CCC(=O)N3C1)N=C2c1ccc(C(=O)Nc2cc(C(F)(F)F)ccn2)c(Cl)c1. The number of aromatic nitrogens is 1. The minimum absolute atomic E-state index is 0.00900. The van der Waals surface area contributed by atoms with E-state index in [1.54, 1.807) is 30.7 Å². The second-order valence-electron chi connectivity index (χ2n) is 10.1. The van der Waals surface area contributed by atoms with E-state index >= 15 is 0 Å². The second kappa shape index (κ2) is 9.65. The molecule has 4 aliphatic heterocycles. The first-order chi connectivity index (χ1) is 19.0. The van der Waals surface area contributed by atoms with Gasteiger partial charge in [-0.3, -0.25) is 14.6 Å². The van der Waals surface area contributed by atoms with Crippen LogP contribution in [0.15, 0.2) is 70.3 Å². The highest BCUT2D eigenvalue weighted by Gasteiger charge is 2.48. The van der Waals surface area contributed by atoms with Gasteiger partial charge in [-0.1, -0.05) is 11.6 Å². The number of carbonyl (C=O) groups is 2. The number of allylic oxidation sites excluding steroid dienone is 1. The summed E-state index contributed by atoms with van der Waals surface area (Å²) in [4.78, 5) is 40.2. The van der Waals surface area contributed by atoms with Gasteiger partial charge in [-0.2, -0.15) is 24.0 Å². The van der Waals surface area contributed by atoms with Gasteiger partial charge in [0, 0.05) is 31.1 Å². The average molecular weight is 571 g/mol. The predicted octanol–water partition coefficient (Wildman–Crippen LogP) is 4.63. The molecule has 2 fully saturated rings. The second-order valence-corrected chi connectivity index (χ2v) is 10.6. The molecule has 6 rings (SSSR count). The molecule has 2 saturated heterocycles. The lowest BCUT2D eigenvalue weighted by Crippen LogP contribution is -2.53. The van der Waals surface area contributed by atoms with Crippen LogP contribution in [0, 0.1) is 5.92 Å². The van der Waals surface area contributed by atoms with Crippen molar-refractivity contribution in [3.63, 3.8) is 0 Å². The van der Waals surface area contributed by atoms with Crippen molar-refractivity contribution in [2.24, 2.45) is 21.7 Å². The molecular formula is C27H24ClF3N7O2+. The molecule has 9 nitrogen and oxygen atoms in total. The van der Waals surface area contributed by atoms with E-state index in [-0.39, 0.29) is 38.9 Å². The number of nitrogens with two attached hydrogens (primary N) is 1. The summed E-state index contributed by atoms with van der Waals surface area (Å²) in [5, 5.41) is 2.42. The van der Waals surface area contributed by atoms with Gasteiger partial charge in [0.25, 0.3) is 11.7 Å². The van der Waals surface area contributed by atoms with Gasteiger partial charge in [0.1, 0.15) is 17.7 Å². The standard InChI is InChI=1S/C27H23ClF3N7O2/c28-20-11-15(2-5-19(20)26(40)35-22-12-17(7-8-34-22)27(29,30)31)25-36-24(21-13-33-9-10-38(21,25)32)16-1-3-18-4-6-23(39)37(18)14-16/h2,5,7-13,16,18H,1,3-4,6,14,32H2/p+1/t16-,18+,38?/m1/s1. The Labute approximate surface area is 232 Å². The molecule has 0 saturated carbocycles. The van der Waals surface area contributed by atoms with E-state index in [0.717, 1.165) is 43.3 Å². The van der Waals surface area contributed by atoms with Crippen LogP contribution in [0.1, 0.15) is 47.2 Å². The third-order valence-corrected chi connectivity index (χ3v) is 8.04. The number of pyridine rings is 1. The van der Waals surface area contributed by atoms with Crippen LogP contribution in [-0.2, 0) is 11.0 Å². The highest BCUT2D eigenvalue weighted by Crippen LogP contribution is 2.40. The lowest BCUT2D eigenvalue weighted by molar-refractivity contribution is -0.750. The molecule has 5 heterocycles. The van der Waals surface area contributed by atoms with Crippen LogP contribution in [0.4, 0.5) is 19.0 Å². The van der Waals surface area contributed by atoms with Crippen molar-refractivity contribution >= 4 is 41.3 Å². The largest absolute Gasteiger partial charge is 0.416 e. The molecule has 13 heteroatoms. The highest BCUT2D eigenvalue weighted by atomic mass is 35.5. The first-order valence-electron chi connectivity index (χ1n) is 12.7. The number of hydrogen-bond acceptors (Lipinski definition) is 6. The fourth-order valence-corrected chi connectivity index (χ4v) is 5.96. The Kier molecular flexibility index (Phi) is 6.36. The van der Waals surface area contributed by atoms with Gasteiger partial charge in [-0.05, 0) is 49.6 Å². The van der Waals surface area contributed by atoms with Gasteiger partial charge in [0.2, 0.25) is 11.6 Å². The molecule has 0 aliphatic carbocycles. The van der Waals surface area contributed by atoms with E-state index in [9.17, 15) is 22.8 Å². The number of carbonyl (C=O) groups excluding carboxylic acids is 2. The zero-order chi connectivity index (χ0) is 28.2. The first kappa shape index (κ1) is 26.4. The third-order valence-electron chi connectivity index (χ3n) is 7.73. The number of nitrogens with zero attached hydrogens (tertiary/aromatic N) is 5. The summed E-state index contributed by atoms with van der Waals surface area (Å²) >= 11 is 6.49. The molecule has 2 aromatic rings. The van der Waals surface area contributed by atoms with E-state index in [1.807, 2.05) is 4.90 Å². The molecule has 1 unspecified atom stereocenters. The molecule has 3 atom stereocenters. The molecule has 3 N–H and O–H groups in total. The summed E-state index contributed by atoms with van der Waals surface area (Å²) in [6, 6.07) is 6.48. The Balaban J connectivity index is 1.28. The molecule has 40 heavy (non-hydrogen) atoms. The van der Waals surface area contributed by atoms with E-state index in [2.05, 4.69) is 15.3 Å². The Morgan fingerprint density at radius 1 is 1.18 bits per heavy atom. The number of rotatable bonds is 4. The van der Waals surface area contributed by atoms with Gasteiger partial charge < -0.3 is 10.2 Å². The van der Waals surface area contributed by atoms with Crippen LogP contribution >= 0.6 is 11.6 Å². The van der Waals surface area contributed by atoms with Gasteiger partial charge >= 0.3 is 6.18 Å². The summed E-state index contributed by atoms with van der Waals surface area (Å²) < 4.78 is 38.9. The zero-order valence-electron chi connectivity index (χ0n) is 21.0. The van der Waals surface area contributed by atoms with Crippen LogP contribution in [-0.4, -0.2) is 50.9 Å². The molecule has 0 bridgehead atoms. The summed E-state index contributed by atoms with van der Waals surface area (Å²) in [7, 11) is 0. The summed E-state index contributed by atoms with van der Waals surface area (Å²) in [5.41, 5.74) is 1.12. The minimum Gasteiger partial charge on any atom is -0.339 e. The van der Waals surface area contributed by atoms with Crippen molar-refractivity contribution in [3.05, 3.63) is 82.0 Å². The number of halogens is 4. The Morgan fingerprint density at radius 2 is 2.00 bits per heavy atom. The van der Waals surface area contributed by atoms with Crippen molar-refractivity contribution in [1.82, 2.24) is 9.88 Å². The first-order valence-corrected chi connectivity index (χ1v) is 13.1. The minimum atomic E-state index is -4.58. The van der Waals surface area contributed by atoms with Crippen LogP contribution in [0.5, 0.6) is 0 Å². The fraction of sp³-hybridized carbons (Fsp3) is 0.296. The maximum absolute atomic E-state index is 13.0. The summed E-state index contributed by atoms with van der Waals surface area (Å²) in [6.07, 6.45) is 4.56.